The minimum Gasteiger partial charge on any atom is -0.465 e. The molecule has 0 saturated carbocycles. The Hall–Kier alpha value is -2.37. The second-order valence-electron chi connectivity index (χ2n) is 4.68. The maximum absolute atomic E-state index is 12.0. The minimum absolute atomic E-state index is 0.134. The summed E-state index contributed by atoms with van der Waals surface area (Å²) >= 11 is 0. The number of esters is 2. The van der Waals surface area contributed by atoms with Crippen LogP contribution >= 0.6 is 0 Å². The van der Waals surface area contributed by atoms with E-state index < -0.39 is 11.9 Å². The molecule has 0 aliphatic carbocycles. The van der Waals surface area contributed by atoms with E-state index >= 15 is 0 Å². The van der Waals surface area contributed by atoms with E-state index in [1.807, 2.05) is 13.8 Å². The lowest BCUT2D eigenvalue weighted by Gasteiger charge is -2.09. The molecule has 6 nitrogen and oxygen atoms in total. The molecule has 22 heavy (non-hydrogen) atoms. The lowest BCUT2D eigenvalue weighted by Crippen LogP contribution is -2.25. The van der Waals surface area contributed by atoms with Crippen molar-refractivity contribution in [3.63, 3.8) is 0 Å². The Balaban J connectivity index is 3.12. The summed E-state index contributed by atoms with van der Waals surface area (Å²) in [5, 5.41) is 2.70. The van der Waals surface area contributed by atoms with Crippen LogP contribution in [0.25, 0.3) is 0 Å². The Kier molecular flexibility index (Phi) is 7.08. The van der Waals surface area contributed by atoms with Crippen molar-refractivity contribution in [1.82, 2.24) is 5.32 Å². The molecule has 0 fully saturated rings. The summed E-state index contributed by atoms with van der Waals surface area (Å²) < 4.78 is 9.68. The fraction of sp³-hybridized carbons (Fsp3) is 0.438. The number of nitrogens with one attached hydrogen (secondary N) is 1. The van der Waals surface area contributed by atoms with Crippen LogP contribution in [0.2, 0.25) is 0 Å². The zero-order valence-electron chi connectivity index (χ0n) is 13.1. The molecule has 1 aromatic carbocycles. The molecule has 0 aliphatic rings. The summed E-state index contributed by atoms with van der Waals surface area (Å²) in [6, 6.07) is 4.17. The van der Waals surface area contributed by atoms with Gasteiger partial charge in [0.2, 0.25) is 0 Å². The highest BCUT2D eigenvalue weighted by molar-refractivity contribution is 6.02. The van der Waals surface area contributed by atoms with Crippen LogP contribution < -0.4 is 5.32 Å². The lowest BCUT2D eigenvalue weighted by molar-refractivity contribution is 0.0505. The molecule has 1 rings (SSSR count). The van der Waals surface area contributed by atoms with Crippen LogP contribution in [0.4, 0.5) is 0 Å². The topological polar surface area (TPSA) is 81.7 Å². The van der Waals surface area contributed by atoms with Gasteiger partial charge in [-0.25, -0.2) is 9.59 Å². The maximum atomic E-state index is 12.0. The van der Waals surface area contributed by atoms with Gasteiger partial charge in [-0.2, -0.15) is 0 Å². The average Bonchev–Trinajstić information content (AvgIpc) is 2.56. The highest BCUT2D eigenvalue weighted by atomic mass is 16.5. The van der Waals surface area contributed by atoms with E-state index in [1.54, 1.807) is 0 Å². The molecule has 0 atom stereocenters. The van der Waals surface area contributed by atoms with Gasteiger partial charge in [0.1, 0.15) is 0 Å². The van der Waals surface area contributed by atoms with Gasteiger partial charge < -0.3 is 14.8 Å². The highest BCUT2D eigenvalue weighted by Crippen LogP contribution is 2.13. The number of ether oxygens (including phenoxy) is 2. The first-order chi connectivity index (χ1) is 10.5. The van der Waals surface area contributed by atoms with Gasteiger partial charge in [0, 0.05) is 12.1 Å². The molecule has 0 radical (unpaired) electrons. The largest absolute Gasteiger partial charge is 0.465 e. The number of carbonyl (C=O) groups is 3. The molecular weight excluding hydrogens is 286 g/mol. The van der Waals surface area contributed by atoms with Gasteiger partial charge in [-0.15, -0.1) is 0 Å². The molecule has 0 saturated heterocycles. The molecule has 1 N–H and O–H groups in total. The number of carbonyl (C=O) groups excluding carboxylic acids is 3. The van der Waals surface area contributed by atoms with E-state index in [0.29, 0.717) is 13.0 Å². The molecule has 120 valence electrons. The zero-order chi connectivity index (χ0) is 16.5. The second kappa shape index (κ2) is 8.81. The SMILES string of the molecule is CCCNC(=O)c1cc(C(=O)OC)cc(C(=O)OCCC)c1. The zero-order valence-corrected chi connectivity index (χ0v) is 13.1. The van der Waals surface area contributed by atoms with Crippen LogP contribution in [0.5, 0.6) is 0 Å². The van der Waals surface area contributed by atoms with Gasteiger partial charge in [0.15, 0.2) is 0 Å². The van der Waals surface area contributed by atoms with E-state index in [9.17, 15) is 14.4 Å². The third-order valence-electron chi connectivity index (χ3n) is 2.82. The quantitative estimate of drug-likeness (QED) is 0.781. The van der Waals surface area contributed by atoms with Crippen molar-refractivity contribution in [2.45, 2.75) is 26.7 Å². The molecule has 6 heteroatoms. The first-order valence-electron chi connectivity index (χ1n) is 7.22. The van der Waals surface area contributed by atoms with E-state index in [-0.39, 0.29) is 29.2 Å². The lowest BCUT2D eigenvalue weighted by atomic mass is 10.0. The van der Waals surface area contributed by atoms with Gasteiger partial charge in [-0.3, -0.25) is 4.79 Å². The van der Waals surface area contributed by atoms with Crippen molar-refractivity contribution >= 4 is 17.8 Å². The average molecular weight is 307 g/mol. The second-order valence-corrected chi connectivity index (χ2v) is 4.68. The standard InChI is InChI=1S/C16H21NO5/c1-4-6-17-14(18)11-8-12(15(19)21-3)10-13(9-11)16(20)22-7-5-2/h8-10H,4-7H2,1-3H3,(H,17,18). The number of methoxy groups -OCH3 is 1. The predicted octanol–water partition coefficient (Wildman–Crippen LogP) is 2.18. The molecular formula is C16H21NO5. The van der Waals surface area contributed by atoms with Crippen LogP contribution in [0.1, 0.15) is 57.8 Å². The van der Waals surface area contributed by atoms with Gasteiger partial charge in [-0.05, 0) is 31.0 Å². The van der Waals surface area contributed by atoms with Gasteiger partial charge in [-0.1, -0.05) is 13.8 Å². The molecule has 0 spiro atoms. The summed E-state index contributed by atoms with van der Waals surface area (Å²) in [5.74, 6) is -1.54. The number of benzene rings is 1. The van der Waals surface area contributed by atoms with Gasteiger partial charge in [0.25, 0.3) is 5.91 Å². The molecule has 1 aromatic rings. The summed E-state index contributed by atoms with van der Waals surface area (Å²) in [4.78, 5) is 35.7. The number of hydrogen-bond donors (Lipinski definition) is 1. The molecule has 1 amide bonds. The van der Waals surface area contributed by atoms with Crippen molar-refractivity contribution in [2.24, 2.45) is 0 Å². The van der Waals surface area contributed by atoms with E-state index in [0.717, 1.165) is 6.42 Å². The number of amides is 1. The maximum Gasteiger partial charge on any atom is 0.338 e. The van der Waals surface area contributed by atoms with E-state index in [2.05, 4.69) is 10.1 Å². The number of hydrogen-bond acceptors (Lipinski definition) is 5. The molecule has 0 aliphatic heterocycles. The Bertz CT molecular complexity index is 515. The van der Waals surface area contributed by atoms with E-state index in [4.69, 9.17) is 4.74 Å². The molecule has 0 unspecified atom stereocenters. The molecule has 0 bridgehead atoms. The Morgan fingerprint density at radius 2 is 1.55 bits per heavy atom. The fourth-order valence-corrected chi connectivity index (χ4v) is 1.73. The Morgan fingerprint density at radius 1 is 0.955 bits per heavy atom. The third-order valence-corrected chi connectivity index (χ3v) is 2.82. The van der Waals surface area contributed by atoms with Crippen molar-refractivity contribution < 1.29 is 23.9 Å². The Morgan fingerprint density at radius 3 is 2.09 bits per heavy atom. The summed E-state index contributed by atoms with van der Waals surface area (Å²) in [5.41, 5.74) is 0.507. The number of rotatable bonds is 7. The minimum atomic E-state index is -0.616. The highest BCUT2D eigenvalue weighted by Gasteiger charge is 2.17. The first-order valence-corrected chi connectivity index (χ1v) is 7.22. The van der Waals surface area contributed by atoms with Crippen molar-refractivity contribution in [2.75, 3.05) is 20.3 Å². The van der Waals surface area contributed by atoms with Crippen molar-refractivity contribution in [1.29, 1.82) is 0 Å². The van der Waals surface area contributed by atoms with Crippen LogP contribution in [0, 0.1) is 0 Å². The van der Waals surface area contributed by atoms with Crippen LogP contribution in [-0.4, -0.2) is 38.1 Å². The molecule has 0 aromatic heterocycles. The van der Waals surface area contributed by atoms with Crippen LogP contribution in [0.15, 0.2) is 18.2 Å². The Labute approximate surface area is 129 Å². The van der Waals surface area contributed by atoms with Crippen LogP contribution in [-0.2, 0) is 9.47 Å². The van der Waals surface area contributed by atoms with Crippen molar-refractivity contribution in [3.8, 4) is 0 Å². The summed E-state index contributed by atoms with van der Waals surface area (Å²) in [6.45, 7) is 4.59. The van der Waals surface area contributed by atoms with Crippen molar-refractivity contribution in [3.05, 3.63) is 34.9 Å². The predicted molar refractivity (Wildman–Crippen MR) is 81.0 cm³/mol. The molecule has 0 heterocycles. The summed E-state index contributed by atoms with van der Waals surface area (Å²) in [7, 11) is 1.24. The third kappa shape index (κ3) is 4.87. The van der Waals surface area contributed by atoms with Gasteiger partial charge in [0.05, 0.1) is 24.8 Å². The smallest absolute Gasteiger partial charge is 0.338 e. The first kappa shape index (κ1) is 17.7. The van der Waals surface area contributed by atoms with E-state index in [1.165, 1.54) is 25.3 Å². The normalized spacial score (nSPS) is 9.95. The summed E-state index contributed by atoms with van der Waals surface area (Å²) in [6.07, 6.45) is 1.47. The van der Waals surface area contributed by atoms with Gasteiger partial charge >= 0.3 is 11.9 Å². The van der Waals surface area contributed by atoms with Crippen LogP contribution in [0.3, 0.4) is 0 Å². The fourth-order valence-electron chi connectivity index (χ4n) is 1.73. The monoisotopic (exact) mass is 307 g/mol.